The van der Waals surface area contributed by atoms with Crippen LogP contribution in [0, 0.1) is 17.6 Å². The zero-order valence-corrected chi connectivity index (χ0v) is 15.2. The zero-order valence-electron chi connectivity index (χ0n) is 14.4. The Bertz CT molecular complexity index is 643. The van der Waals surface area contributed by atoms with Crippen LogP contribution in [0.15, 0.2) is 18.2 Å². The van der Waals surface area contributed by atoms with E-state index >= 15 is 0 Å². The monoisotopic (exact) mass is 360 g/mol. The first-order chi connectivity index (χ1) is 11.1. The highest BCUT2D eigenvalue weighted by Crippen LogP contribution is 2.27. The maximum absolute atomic E-state index is 13.2. The maximum atomic E-state index is 13.2. The van der Waals surface area contributed by atoms with Gasteiger partial charge in [-0.15, -0.1) is 0 Å². The molecule has 2 N–H and O–H groups in total. The SMILES string of the molecule is CC(C)(C)S(=O)(=O)N[C@H]1CC[C@H](CNc2cc(F)cc(F)c2)CC1. The summed E-state index contributed by atoms with van der Waals surface area (Å²) in [6.07, 6.45) is 3.31. The second-order valence-electron chi connectivity index (χ2n) is 7.49. The fourth-order valence-electron chi connectivity index (χ4n) is 2.80. The molecule has 1 aliphatic rings. The van der Waals surface area contributed by atoms with Gasteiger partial charge in [0.25, 0.3) is 0 Å². The first-order valence-electron chi connectivity index (χ1n) is 8.29. The van der Waals surface area contributed by atoms with Crippen molar-refractivity contribution in [2.45, 2.75) is 57.2 Å². The summed E-state index contributed by atoms with van der Waals surface area (Å²) in [4.78, 5) is 0. The Morgan fingerprint density at radius 1 is 1.04 bits per heavy atom. The second kappa shape index (κ2) is 7.35. The van der Waals surface area contributed by atoms with Crippen LogP contribution in [0.2, 0.25) is 0 Å². The molecule has 1 saturated carbocycles. The molecule has 1 aliphatic carbocycles. The molecule has 0 radical (unpaired) electrons. The van der Waals surface area contributed by atoms with E-state index < -0.39 is 26.4 Å². The van der Waals surface area contributed by atoms with Gasteiger partial charge in [0.15, 0.2) is 0 Å². The van der Waals surface area contributed by atoms with Gasteiger partial charge in [-0.3, -0.25) is 0 Å². The Labute approximate surface area is 143 Å². The first kappa shape index (κ1) is 19.1. The number of hydrogen-bond acceptors (Lipinski definition) is 3. The molecule has 1 aromatic rings. The minimum absolute atomic E-state index is 0.0305. The van der Waals surface area contributed by atoms with Crippen molar-refractivity contribution in [3.63, 3.8) is 0 Å². The van der Waals surface area contributed by atoms with Crippen LogP contribution >= 0.6 is 0 Å². The third-order valence-corrected chi connectivity index (χ3v) is 6.69. The van der Waals surface area contributed by atoms with Crippen LogP contribution in [-0.2, 0) is 10.0 Å². The highest BCUT2D eigenvalue weighted by Gasteiger charge is 2.32. The number of nitrogens with one attached hydrogen (secondary N) is 2. The van der Waals surface area contributed by atoms with E-state index in [2.05, 4.69) is 10.0 Å². The second-order valence-corrected chi connectivity index (χ2v) is 9.96. The Balaban J connectivity index is 1.81. The molecule has 0 amide bonds. The average molecular weight is 360 g/mol. The summed E-state index contributed by atoms with van der Waals surface area (Å²) in [6.45, 7) is 5.68. The molecule has 0 unspecified atom stereocenters. The predicted octanol–water partition coefficient (Wildman–Crippen LogP) is 3.65. The van der Waals surface area contributed by atoms with E-state index in [-0.39, 0.29) is 6.04 Å². The molecule has 7 heteroatoms. The van der Waals surface area contributed by atoms with Crippen LogP contribution in [0.3, 0.4) is 0 Å². The summed E-state index contributed by atoms with van der Waals surface area (Å²) in [5, 5.41) is 3.06. The summed E-state index contributed by atoms with van der Waals surface area (Å²) < 4.78 is 52.7. The molecule has 2 rings (SSSR count). The highest BCUT2D eigenvalue weighted by atomic mass is 32.2. The number of rotatable bonds is 5. The van der Waals surface area contributed by atoms with Gasteiger partial charge < -0.3 is 5.32 Å². The van der Waals surface area contributed by atoms with Crippen LogP contribution in [0.5, 0.6) is 0 Å². The van der Waals surface area contributed by atoms with Crippen LogP contribution in [0.1, 0.15) is 46.5 Å². The minimum Gasteiger partial charge on any atom is -0.385 e. The van der Waals surface area contributed by atoms with E-state index in [0.717, 1.165) is 31.7 Å². The Morgan fingerprint density at radius 2 is 1.58 bits per heavy atom. The van der Waals surface area contributed by atoms with E-state index in [1.54, 1.807) is 20.8 Å². The fourth-order valence-corrected chi connectivity index (χ4v) is 3.83. The lowest BCUT2D eigenvalue weighted by Gasteiger charge is -2.31. The minimum atomic E-state index is -3.33. The van der Waals surface area contributed by atoms with Gasteiger partial charge in [-0.2, -0.15) is 0 Å². The van der Waals surface area contributed by atoms with Gasteiger partial charge in [-0.1, -0.05) is 0 Å². The summed E-state index contributed by atoms with van der Waals surface area (Å²) in [5.74, 6) is -0.831. The van der Waals surface area contributed by atoms with Gasteiger partial charge >= 0.3 is 0 Å². The molecule has 24 heavy (non-hydrogen) atoms. The van der Waals surface area contributed by atoms with Gasteiger partial charge in [-0.25, -0.2) is 21.9 Å². The molecule has 4 nitrogen and oxygen atoms in total. The Hall–Kier alpha value is -1.21. The zero-order chi connectivity index (χ0) is 18.0. The van der Waals surface area contributed by atoms with Crippen molar-refractivity contribution in [3.05, 3.63) is 29.8 Å². The quantitative estimate of drug-likeness (QED) is 0.843. The molecule has 0 aromatic heterocycles. The Morgan fingerprint density at radius 3 is 2.08 bits per heavy atom. The summed E-state index contributed by atoms with van der Waals surface area (Å²) in [6, 6.07) is 3.35. The van der Waals surface area contributed by atoms with Gasteiger partial charge in [0.1, 0.15) is 11.6 Å². The number of anilines is 1. The number of benzene rings is 1. The summed E-state index contributed by atoms with van der Waals surface area (Å²) >= 11 is 0. The van der Waals surface area contributed by atoms with Gasteiger partial charge in [0, 0.05) is 24.3 Å². The lowest BCUT2D eigenvalue weighted by molar-refractivity contribution is 0.322. The largest absolute Gasteiger partial charge is 0.385 e. The molecule has 0 heterocycles. The van der Waals surface area contributed by atoms with Crippen molar-refractivity contribution in [1.29, 1.82) is 0 Å². The van der Waals surface area contributed by atoms with Crippen molar-refractivity contribution in [2.24, 2.45) is 5.92 Å². The van der Waals surface area contributed by atoms with Crippen molar-refractivity contribution in [1.82, 2.24) is 4.72 Å². The first-order valence-corrected chi connectivity index (χ1v) is 9.77. The van der Waals surface area contributed by atoms with Crippen LogP contribution in [-0.4, -0.2) is 25.8 Å². The highest BCUT2D eigenvalue weighted by molar-refractivity contribution is 7.90. The van der Waals surface area contributed by atoms with E-state index in [0.29, 0.717) is 18.2 Å². The van der Waals surface area contributed by atoms with Gasteiger partial charge in [0.2, 0.25) is 10.0 Å². The normalized spacial score (nSPS) is 22.4. The van der Waals surface area contributed by atoms with Crippen molar-refractivity contribution >= 4 is 15.7 Å². The molecule has 0 spiro atoms. The molecule has 0 atom stereocenters. The third-order valence-electron chi connectivity index (χ3n) is 4.43. The number of halogens is 2. The summed E-state index contributed by atoms with van der Waals surface area (Å²) in [7, 11) is -3.33. The molecular weight excluding hydrogens is 334 g/mol. The fraction of sp³-hybridized carbons (Fsp3) is 0.647. The van der Waals surface area contributed by atoms with Crippen LogP contribution < -0.4 is 10.0 Å². The summed E-state index contributed by atoms with van der Waals surface area (Å²) in [5.41, 5.74) is 0.433. The maximum Gasteiger partial charge on any atom is 0.216 e. The standard InChI is InChI=1S/C17H26F2N2O2S/c1-17(2,3)24(22,23)21-15-6-4-12(5-7-15)11-20-16-9-13(18)8-14(19)10-16/h8-10,12,15,20-21H,4-7,11H2,1-3H3/t12-,15-. The molecule has 0 saturated heterocycles. The topological polar surface area (TPSA) is 58.2 Å². The van der Waals surface area contributed by atoms with Crippen LogP contribution in [0.4, 0.5) is 14.5 Å². The molecule has 136 valence electrons. The molecule has 1 fully saturated rings. The molecule has 0 bridgehead atoms. The van der Waals surface area contributed by atoms with Crippen molar-refractivity contribution in [2.75, 3.05) is 11.9 Å². The molecule has 0 aliphatic heterocycles. The lowest BCUT2D eigenvalue weighted by Crippen LogP contribution is -2.46. The molecular formula is C17H26F2N2O2S. The van der Waals surface area contributed by atoms with E-state index in [4.69, 9.17) is 0 Å². The average Bonchev–Trinajstić information content (AvgIpc) is 2.44. The van der Waals surface area contributed by atoms with Gasteiger partial charge in [0.05, 0.1) is 4.75 Å². The van der Waals surface area contributed by atoms with E-state index in [1.165, 1.54) is 12.1 Å². The van der Waals surface area contributed by atoms with Crippen molar-refractivity contribution < 1.29 is 17.2 Å². The number of hydrogen-bond donors (Lipinski definition) is 2. The predicted molar refractivity (Wildman–Crippen MR) is 92.4 cm³/mol. The number of sulfonamides is 1. The van der Waals surface area contributed by atoms with E-state index in [9.17, 15) is 17.2 Å². The Kier molecular flexibility index (Phi) is 5.86. The smallest absolute Gasteiger partial charge is 0.216 e. The third kappa shape index (κ3) is 5.14. The van der Waals surface area contributed by atoms with E-state index in [1.807, 2.05) is 0 Å². The van der Waals surface area contributed by atoms with Crippen LogP contribution in [0.25, 0.3) is 0 Å². The van der Waals surface area contributed by atoms with Crippen molar-refractivity contribution in [3.8, 4) is 0 Å². The van der Waals surface area contributed by atoms with Gasteiger partial charge in [-0.05, 0) is 64.5 Å². The molecule has 1 aromatic carbocycles. The lowest BCUT2D eigenvalue weighted by atomic mass is 9.86.